The highest BCUT2D eigenvalue weighted by Crippen LogP contribution is 2.33. The Morgan fingerprint density at radius 3 is 2.48 bits per heavy atom. The maximum atomic E-state index is 12.8. The predicted octanol–water partition coefficient (Wildman–Crippen LogP) is 2.92. The second-order valence-electron chi connectivity index (χ2n) is 6.47. The van der Waals surface area contributed by atoms with Crippen LogP contribution in [0.15, 0.2) is 36.4 Å². The van der Waals surface area contributed by atoms with Crippen molar-refractivity contribution in [2.24, 2.45) is 5.92 Å². The van der Waals surface area contributed by atoms with Crippen LogP contribution in [0.4, 0.5) is 11.4 Å². The predicted molar refractivity (Wildman–Crippen MR) is 109 cm³/mol. The van der Waals surface area contributed by atoms with Crippen LogP contribution in [0.5, 0.6) is 11.5 Å². The Bertz CT molecular complexity index is 1090. The molecular formula is C19H19ClN2O6S. The normalized spacial score (nSPS) is 17.9. The maximum Gasteiger partial charge on any atom is 0.257 e. The summed E-state index contributed by atoms with van der Waals surface area (Å²) in [5, 5.41) is 2.77. The van der Waals surface area contributed by atoms with E-state index in [-0.39, 0.29) is 22.0 Å². The lowest BCUT2D eigenvalue weighted by molar-refractivity contribution is -0.119. The largest absolute Gasteiger partial charge is 0.497 e. The molecular weight excluding hydrogens is 420 g/mol. The number of carbonyl (C=O) groups excluding carboxylic acids is 2. The molecule has 1 unspecified atom stereocenters. The molecule has 29 heavy (non-hydrogen) atoms. The van der Waals surface area contributed by atoms with Crippen molar-refractivity contribution in [3.63, 3.8) is 0 Å². The van der Waals surface area contributed by atoms with Crippen LogP contribution in [0.25, 0.3) is 0 Å². The van der Waals surface area contributed by atoms with Crippen LogP contribution in [-0.2, 0) is 14.8 Å². The third-order valence-electron chi connectivity index (χ3n) is 4.44. The van der Waals surface area contributed by atoms with Crippen LogP contribution >= 0.6 is 11.6 Å². The first-order chi connectivity index (χ1) is 13.7. The molecule has 1 N–H and O–H groups in total. The topological polar surface area (TPSA) is 102 Å². The van der Waals surface area contributed by atoms with E-state index in [0.717, 1.165) is 4.31 Å². The molecule has 3 rings (SSSR count). The molecule has 0 saturated carbocycles. The summed E-state index contributed by atoms with van der Waals surface area (Å²) in [5.74, 6) is -1.18. The first-order valence-corrected chi connectivity index (χ1v) is 10.6. The minimum atomic E-state index is -3.80. The summed E-state index contributed by atoms with van der Waals surface area (Å²) in [6.45, 7) is 1.54. The molecule has 0 aliphatic carbocycles. The highest BCUT2D eigenvalue weighted by Gasteiger charge is 2.42. The fourth-order valence-corrected chi connectivity index (χ4v) is 5.02. The fourth-order valence-electron chi connectivity index (χ4n) is 3.00. The molecule has 1 aliphatic rings. The van der Waals surface area contributed by atoms with E-state index in [0.29, 0.717) is 17.2 Å². The second kappa shape index (κ2) is 7.92. The first kappa shape index (κ1) is 20.9. The van der Waals surface area contributed by atoms with Gasteiger partial charge in [-0.05, 0) is 30.3 Å². The maximum absolute atomic E-state index is 12.8. The number of anilines is 2. The van der Waals surface area contributed by atoms with Crippen LogP contribution < -0.4 is 19.1 Å². The van der Waals surface area contributed by atoms with Gasteiger partial charge in [0, 0.05) is 6.07 Å². The average molecular weight is 439 g/mol. The third kappa shape index (κ3) is 4.01. The van der Waals surface area contributed by atoms with E-state index in [4.69, 9.17) is 21.1 Å². The number of rotatable bonds is 5. The zero-order valence-electron chi connectivity index (χ0n) is 15.9. The summed E-state index contributed by atoms with van der Waals surface area (Å²) in [6.07, 6.45) is 0. The number of carbonyl (C=O) groups is 2. The zero-order chi connectivity index (χ0) is 21.3. The van der Waals surface area contributed by atoms with E-state index in [1.165, 1.54) is 32.4 Å². The summed E-state index contributed by atoms with van der Waals surface area (Å²) >= 11 is 6.16. The van der Waals surface area contributed by atoms with Crippen molar-refractivity contribution in [2.45, 2.75) is 6.92 Å². The van der Waals surface area contributed by atoms with Gasteiger partial charge in [0.25, 0.3) is 5.91 Å². The summed E-state index contributed by atoms with van der Waals surface area (Å²) in [6, 6.07) is 8.91. The van der Waals surface area contributed by atoms with Gasteiger partial charge in [-0.1, -0.05) is 18.5 Å². The van der Waals surface area contributed by atoms with E-state index in [1.54, 1.807) is 25.1 Å². The molecule has 2 aromatic rings. The summed E-state index contributed by atoms with van der Waals surface area (Å²) in [4.78, 5) is 25.1. The molecule has 1 aliphatic heterocycles. The van der Waals surface area contributed by atoms with Crippen molar-refractivity contribution in [3.8, 4) is 11.5 Å². The Hall–Kier alpha value is -2.78. The lowest BCUT2D eigenvalue weighted by Gasteiger charge is -2.17. The van der Waals surface area contributed by atoms with Crippen molar-refractivity contribution in [1.82, 2.24) is 0 Å². The number of ether oxygens (including phenoxy) is 2. The number of nitrogens with one attached hydrogen (secondary N) is 1. The molecule has 1 atom stereocenters. The molecule has 154 valence electrons. The number of nitrogens with zero attached hydrogens (tertiary/aromatic N) is 1. The second-order valence-corrected chi connectivity index (χ2v) is 8.74. The quantitative estimate of drug-likeness (QED) is 0.770. The molecule has 1 saturated heterocycles. The smallest absolute Gasteiger partial charge is 0.257 e. The molecule has 10 heteroatoms. The molecule has 8 nitrogen and oxygen atoms in total. The molecule has 2 aromatic carbocycles. The number of halogens is 1. The fraction of sp³-hybridized carbons (Fsp3) is 0.263. The van der Waals surface area contributed by atoms with Gasteiger partial charge >= 0.3 is 0 Å². The van der Waals surface area contributed by atoms with Gasteiger partial charge in [0.1, 0.15) is 11.5 Å². The number of hydrogen-bond donors (Lipinski definition) is 1. The van der Waals surface area contributed by atoms with Crippen molar-refractivity contribution in [3.05, 3.63) is 47.0 Å². The van der Waals surface area contributed by atoms with Gasteiger partial charge < -0.3 is 14.8 Å². The monoisotopic (exact) mass is 438 g/mol. The van der Waals surface area contributed by atoms with Crippen LogP contribution in [0.3, 0.4) is 0 Å². The van der Waals surface area contributed by atoms with E-state index in [9.17, 15) is 18.0 Å². The van der Waals surface area contributed by atoms with Crippen LogP contribution in [0, 0.1) is 5.92 Å². The van der Waals surface area contributed by atoms with Gasteiger partial charge in [0.15, 0.2) is 0 Å². The number of benzene rings is 2. The van der Waals surface area contributed by atoms with Gasteiger partial charge in [-0.3, -0.25) is 9.59 Å². The lowest BCUT2D eigenvalue weighted by atomic mass is 10.1. The highest BCUT2D eigenvalue weighted by molar-refractivity contribution is 7.94. The molecule has 0 spiro atoms. The molecule has 2 amide bonds. The Kier molecular flexibility index (Phi) is 5.72. The van der Waals surface area contributed by atoms with E-state index >= 15 is 0 Å². The van der Waals surface area contributed by atoms with Crippen LogP contribution in [0.2, 0.25) is 5.02 Å². The van der Waals surface area contributed by atoms with Crippen LogP contribution in [0.1, 0.15) is 17.3 Å². The highest BCUT2D eigenvalue weighted by atomic mass is 35.5. The lowest BCUT2D eigenvalue weighted by Crippen LogP contribution is -2.30. The number of sulfonamides is 1. The number of methoxy groups -OCH3 is 2. The standard InChI is InChI=1S/C19H19ClN2O6S/c1-11-10-29(25,26)22(19(11)24)12-4-6-15(20)14(8-12)18(23)21-16-9-13(27-2)5-7-17(16)28-3/h4-9,11H,10H2,1-3H3,(H,21,23). The van der Waals surface area contributed by atoms with E-state index in [1.807, 2.05) is 0 Å². The van der Waals surface area contributed by atoms with Gasteiger partial charge in [-0.25, -0.2) is 12.7 Å². The Morgan fingerprint density at radius 1 is 1.17 bits per heavy atom. The minimum Gasteiger partial charge on any atom is -0.497 e. The first-order valence-electron chi connectivity index (χ1n) is 8.57. The molecule has 0 radical (unpaired) electrons. The Morgan fingerprint density at radius 2 is 1.90 bits per heavy atom. The van der Waals surface area contributed by atoms with E-state index in [2.05, 4.69) is 5.32 Å². The van der Waals surface area contributed by atoms with E-state index < -0.39 is 27.8 Å². The number of hydrogen-bond acceptors (Lipinski definition) is 6. The number of amides is 2. The molecule has 0 aromatic heterocycles. The summed E-state index contributed by atoms with van der Waals surface area (Å²) < 4.78 is 35.8. The van der Waals surface area contributed by atoms with Crippen LogP contribution in [-0.4, -0.2) is 40.2 Å². The molecule has 1 heterocycles. The SMILES string of the molecule is COc1ccc(OC)c(NC(=O)c2cc(N3C(=O)C(C)CS3(=O)=O)ccc2Cl)c1. The minimum absolute atomic E-state index is 0.0107. The zero-order valence-corrected chi connectivity index (χ0v) is 17.5. The third-order valence-corrected chi connectivity index (χ3v) is 6.64. The molecule has 0 bridgehead atoms. The Labute approximate surface area is 173 Å². The van der Waals surface area contributed by atoms with Gasteiger partial charge in [-0.15, -0.1) is 0 Å². The van der Waals surface area contributed by atoms with Crippen molar-refractivity contribution in [2.75, 3.05) is 29.6 Å². The molecule has 1 fully saturated rings. The van der Waals surface area contributed by atoms with Gasteiger partial charge in [0.2, 0.25) is 15.9 Å². The van der Waals surface area contributed by atoms with Gasteiger partial charge in [0.05, 0.1) is 47.9 Å². The van der Waals surface area contributed by atoms with Gasteiger partial charge in [-0.2, -0.15) is 0 Å². The van der Waals surface area contributed by atoms with Crippen molar-refractivity contribution in [1.29, 1.82) is 0 Å². The summed E-state index contributed by atoms with van der Waals surface area (Å²) in [7, 11) is -0.857. The van der Waals surface area contributed by atoms with Crippen molar-refractivity contribution >= 4 is 44.8 Å². The Balaban J connectivity index is 1.97. The summed E-state index contributed by atoms with van der Waals surface area (Å²) in [5.41, 5.74) is 0.417. The van der Waals surface area contributed by atoms with Crippen molar-refractivity contribution < 1.29 is 27.5 Å². The average Bonchev–Trinajstić information content (AvgIpc) is 2.89.